The van der Waals surface area contributed by atoms with Crippen LogP contribution in [0.1, 0.15) is 26.6 Å². The lowest BCUT2D eigenvalue weighted by atomic mass is 10.1. The standard InChI is InChI=1S/C22H21ClN2O3S2/c1-14-25-17(12-29-14)13-30-18-4-2-16(3-5-18)22(26)24-7-6-15-10-19(23)21-20(11-15)27-8-9-28-21/h2-5,10-12H,6-9,13H2,1H3,(H,24,26). The van der Waals surface area contributed by atoms with Gasteiger partial charge >= 0.3 is 0 Å². The van der Waals surface area contributed by atoms with Crippen molar-refractivity contribution in [3.8, 4) is 11.5 Å². The van der Waals surface area contributed by atoms with Gasteiger partial charge in [-0.15, -0.1) is 23.1 Å². The Labute approximate surface area is 188 Å². The number of nitrogens with zero attached hydrogens (tertiary/aromatic N) is 1. The first kappa shape index (κ1) is 21.0. The number of thioether (sulfide) groups is 1. The van der Waals surface area contributed by atoms with Crippen LogP contribution >= 0.6 is 34.7 Å². The van der Waals surface area contributed by atoms with Crippen LogP contribution in [0.2, 0.25) is 5.02 Å². The highest BCUT2D eigenvalue weighted by Gasteiger charge is 2.16. The highest BCUT2D eigenvalue weighted by atomic mass is 35.5. The molecule has 4 rings (SSSR count). The van der Waals surface area contributed by atoms with Crippen LogP contribution in [0.3, 0.4) is 0 Å². The normalized spacial score (nSPS) is 12.6. The van der Waals surface area contributed by atoms with Crippen LogP contribution in [0.4, 0.5) is 0 Å². The Bertz CT molecular complexity index is 1040. The van der Waals surface area contributed by atoms with Crippen molar-refractivity contribution in [3.63, 3.8) is 0 Å². The molecule has 0 spiro atoms. The van der Waals surface area contributed by atoms with Crippen molar-refractivity contribution in [3.05, 3.63) is 68.6 Å². The van der Waals surface area contributed by atoms with Crippen LogP contribution in [0.15, 0.2) is 46.7 Å². The van der Waals surface area contributed by atoms with Crippen LogP contribution < -0.4 is 14.8 Å². The third-order valence-electron chi connectivity index (χ3n) is 4.53. The number of amides is 1. The number of fused-ring (bicyclic) bond motifs is 1. The molecule has 0 fully saturated rings. The lowest BCUT2D eigenvalue weighted by Crippen LogP contribution is -2.25. The number of aryl methyl sites for hydroxylation is 1. The van der Waals surface area contributed by atoms with Gasteiger partial charge < -0.3 is 14.8 Å². The van der Waals surface area contributed by atoms with E-state index in [4.69, 9.17) is 21.1 Å². The summed E-state index contributed by atoms with van der Waals surface area (Å²) in [6.45, 7) is 3.54. The Morgan fingerprint density at radius 1 is 1.23 bits per heavy atom. The van der Waals surface area contributed by atoms with E-state index in [2.05, 4.69) is 15.7 Å². The fraction of sp³-hybridized carbons (Fsp3) is 0.273. The summed E-state index contributed by atoms with van der Waals surface area (Å²) < 4.78 is 11.1. The molecule has 0 saturated heterocycles. The highest BCUT2D eigenvalue weighted by Crippen LogP contribution is 2.38. The van der Waals surface area contributed by atoms with Gasteiger partial charge in [-0.05, 0) is 55.3 Å². The summed E-state index contributed by atoms with van der Waals surface area (Å²) in [7, 11) is 0. The van der Waals surface area contributed by atoms with E-state index >= 15 is 0 Å². The minimum atomic E-state index is -0.0923. The molecule has 0 unspecified atom stereocenters. The zero-order valence-electron chi connectivity index (χ0n) is 16.4. The Morgan fingerprint density at radius 3 is 2.80 bits per heavy atom. The van der Waals surface area contributed by atoms with Crippen molar-refractivity contribution in [1.29, 1.82) is 0 Å². The van der Waals surface area contributed by atoms with Gasteiger partial charge in [0.15, 0.2) is 11.5 Å². The van der Waals surface area contributed by atoms with Crippen LogP contribution in [-0.4, -0.2) is 30.6 Å². The maximum absolute atomic E-state index is 12.4. The molecular weight excluding hydrogens is 440 g/mol. The number of thiazole rings is 1. The predicted molar refractivity (Wildman–Crippen MR) is 121 cm³/mol. The average Bonchev–Trinajstić information content (AvgIpc) is 3.18. The molecular formula is C22H21ClN2O3S2. The second kappa shape index (κ2) is 9.73. The highest BCUT2D eigenvalue weighted by molar-refractivity contribution is 7.98. The molecule has 8 heteroatoms. The van der Waals surface area contributed by atoms with Gasteiger partial charge in [-0.1, -0.05) is 11.6 Å². The molecule has 3 aromatic rings. The molecule has 0 bridgehead atoms. The minimum absolute atomic E-state index is 0.0923. The van der Waals surface area contributed by atoms with Crippen molar-refractivity contribution in [2.24, 2.45) is 0 Å². The minimum Gasteiger partial charge on any atom is -0.486 e. The van der Waals surface area contributed by atoms with Gasteiger partial charge in [0.2, 0.25) is 0 Å². The number of nitrogens with one attached hydrogen (secondary N) is 1. The van der Waals surface area contributed by atoms with Gasteiger partial charge in [-0.2, -0.15) is 0 Å². The molecule has 1 aliphatic heterocycles. The first-order chi connectivity index (χ1) is 14.6. The lowest BCUT2D eigenvalue weighted by Gasteiger charge is -2.20. The van der Waals surface area contributed by atoms with Gasteiger partial charge in [0.05, 0.1) is 15.7 Å². The number of ether oxygens (including phenoxy) is 2. The first-order valence-corrected chi connectivity index (χ1v) is 11.8. The average molecular weight is 461 g/mol. The van der Waals surface area contributed by atoms with Crippen molar-refractivity contribution < 1.29 is 14.3 Å². The Balaban J connectivity index is 1.27. The number of hydrogen-bond acceptors (Lipinski definition) is 6. The zero-order valence-corrected chi connectivity index (χ0v) is 18.8. The van der Waals surface area contributed by atoms with Crippen molar-refractivity contribution >= 4 is 40.6 Å². The van der Waals surface area contributed by atoms with Crippen molar-refractivity contribution in [2.75, 3.05) is 19.8 Å². The van der Waals surface area contributed by atoms with E-state index in [0.717, 1.165) is 26.9 Å². The molecule has 1 amide bonds. The summed E-state index contributed by atoms with van der Waals surface area (Å²) in [6.07, 6.45) is 0.656. The van der Waals surface area contributed by atoms with Gasteiger partial charge in [0, 0.05) is 28.1 Å². The summed E-state index contributed by atoms with van der Waals surface area (Å²) in [4.78, 5) is 18.0. The maximum atomic E-state index is 12.4. The molecule has 0 radical (unpaired) electrons. The SMILES string of the molecule is Cc1nc(CSc2ccc(C(=O)NCCc3cc(Cl)c4c(c3)OCCO4)cc2)cs1. The molecule has 30 heavy (non-hydrogen) atoms. The molecule has 1 N–H and O–H groups in total. The molecule has 1 aliphatic rings. The molecule has 2 heterocycles. The number of hydrogen-bond donors (Lipinski definition) is 1. The molecule has 1 aromatic heterocycles. The fourth-order valence-corrected chi connectivity index (χ4v) is 4.86. The van der Waals surface area contributed by atoms with E-state index in [1.165, 1.54) is 0 Å². The lowest BCUT2D eigenvalue weighted by molar-refractivity contribution is 0.0954. The molecule has 2 aromatic carbocycles. The van der Waals surface area contributed by atoms with Crippen LogP contribution in [-0.2, 0) is 12.2 Å². The molecule has 5 nitrogen and oxygen atoms in total. The summed E-state index contributed by atoms with van der Waals surface area (Å²) in [5, 5.41) is 6.66. The summed E-state index contributed by atoms with van der Waals surface area (Å²) >= 11 is 9.64. The van der Waals surface area contributed by atoms with E-state index in [0.29, 0.717) is 48.3 Å². The number of halogens is 1. The summed E-state index contributed by atoms with van der Waals surface area (Å²) in [6, 6.07) is 11.4. The van der Waals surface area contributed by atoms with E-state index in [1.54, 1.807) is 23.1 Å². The van der Waals surface area contributed by atoms with Gasteiger partial charge in [-0.3, -0.25) is 4.79 Å². The molecule has 0 aliphatic carbocycles. The number of carbonyl (C=O) groups excluding carboxylic acids is 1. The van der Waals surface area contributed by atoms with E-state index < -0.39 is 0 Å². The van der Waals surface area contributed by atoms with E-state index in [9.17, 15) is 4.79 Å². The third kappa shape index (κ3) is 5.28. The van der Waals surface area contributed by atoms with Gasteiger partial charge in [-0.25, -0.2) is 4.98 Å². The van der Waals surface area contributed by atoms with Crippen LogP contribution in [0.5, 0.6) is 11.5 Å². The quantitative estimate of drug-likeness (QED) is 0.494. The number of rotatable bonds is 7. The fourth-order valence-electron chi connectivity index (χ4n) is 3.07. The van der Waals surface area contributed by atoms with E-state index in [1.807, 2.05) is 43.3 Å². The second-order valence-corrected chi connectivity index (χ2v) is 9.30. The Kier molecular flexibility index (Phi) is 6.82. The number of aromatic nitrogens is 1. The maximum Gasteiger partial charge on any atom is 0.251 e. The Morgan fingerprint density at radius 2 is 2.03 bits per heavy atom. The van der Waals surface area contributed by atoms with Gasteiger partial charge in [0.25, 0.3) is 5.91 Å². The van der Waals surface area contributed by atoms with Crippen LogP contribution in [0.25, 0.3) is 0 Å². The first-order valence-electron chi connectivity index (χ1n) is 9.58. The van der Waals surface area contributed by atoms with Crippen LogP contribution in [0, 0.1) is 6.92 Å². The largest absolute Gasteiger partial charge is 0.486 e. The molecule has 0 atom stereocenters. The molecule has 156 valence electrons. The predicted octanol–water partition coefficient (Wildman–Crippen LogP) is 5.14. The zero-order chi connectivity index (χ0) is 20.9. The van der Waals surface area contributed by atoms with Crippen molar-refractivity contribution in [2.45, 2.75) is 24.0 Å². The topological polar surface area (TPSA) is 60.5 Å². The van der Waals surface area contributed by atoms with Gasteiger partial charge in [0.1, 0.15) is 13.2 Å². The summed E-state index contributed by atoms with van der Waals surface area (Å²) in [5.41, 5.74) is 2.72. The second-order valence-electron chi connectivity index (χ2n) is 6.78. The van der Waals surface area contributed by atoms with E-state index in [-0.39, 0.29) is 5.91 Å². The smallest absolute Gasteiger partial charge is 0.251 e. The molecule has 0 saturated carbocycles. The monoisotopic (exact) mass is 460 g/mol. The van der Waals surface area contributed by atoms with Crippen molar-refractivity contribution in [1.82, 2.24) is 10.3 Å². The summed E-state index contributed by atoms with van der Waals surface area (Å²) in [5.74, 6) is 1.99. The number of carbonyl (C=O) groups is 1. The third-order valence-corrected chi connectivity index (χ3v) is 6.67. The Hall–Kier alpha value is -2.22. The number of benzene rings is 2.